The predicted molar refractivity (Wildman–Crippen MR) is 67.1 cm³/mol. The van der Waals surface area contributed by atoms with Gasteiger partial charge in [-0.3, -0.25) is 0 Å². The number of hydrogen-bond acceptors (Lipinski definition) is 2. The van der Waals surface area contributed by atoms with Crippen molar-refractivity contribution in [3.8, 4) is 0 Å². The Morgan fingerprint density at radius 3 is 2.47 bits per heavy atom. The van der Waals surface area contributed by atoms with Crippen LogP contribution in [-0.4, -0.2) is 12.3 Å². The van der Waals surface area contributed by atoms with Gasteiger partial charge >= 0.3 is 0 Å². The van der Waals surface area contributed by atoms with Gasteiger partial charge in [-0.15, -0.1) is 0 Å². The lowest BCUT2D eigenvalue weighted by atomic mass is 10.1. The summed E-state index contributed by atoms with van der Waals surface area (Å²) in [7, 11) is 0. The van der Waals surface area contributed by atoms with Crippen LogP contribution in [0.2, 0.25) is 0 Å². The van der Waals surface area contributed by atoms with Gasteiger partial charge in [0.25, 0.3) is 0 Å². The Morgan fingerprint density at radius 2 is 1.87 bits per heavy atom. The molecule has 1 heterocycles. The zero-order valence-corrected chi connectivity index (χ0v) is 10.1. The molecule has 2 nitrogen and oxygen atoms in total. The fourth-order valence-electron chi connectivity index (χ4n) is 1.57. The van der Waals surface area contributed by atoms with Gasteiger partial charge < -0.3 is 5.73 Å². The second-order valence-electron chi connectivity index (χ2n) is 3.77. The molecule has 0 saturated heterocycles. The minimum atomic E-state index is 0.816. The molecule has 0 amide bonds. The van der Waals surface area contributed by atoms with E-state index in [1.54, 1.807) is 0 Å². The van der Waals surface area contributed by atoms with Gasteiger partial charge in [-0.2, -0.15) is 12.6 Å². The van der Waals surface area contributed by atoms with Gasteiger partial charge in [0.05, 0.1) is 0 Å². The van der Waals surface area contributed by atoms with Crippen molar-refractivity contribution in [3.05, 3.63) is 30.1 Å². The first kappa shape index (κ1) is 12.5. The Kier molecular flexibility index (Phi) is 6.44. The van der Waals surface area contributed by atoms with Gasteiger partial charge in [0, 0.05) is 17.9 Å². The minimum absolute atomic E-state index is 0.816. The van der Waals surface area contributed by atoms with Gasteiger partial charge in [-0.1, -0.05) is 6.42 Å². The third-order valence-corrected chi connectivity index (χ3v) is 2.69. The Morgan fingerprint density at radius 1 is 1.13 bits per heavy atom. The van der Waals surface area contributed by atoms with Crippen LogP contribution in [0, 0.1) is 0 Å². The van der Waals surface area contributed by atoms with Crippen LogP contribution in [0.1, 0.15) is 24.8 Å². The highest BCUT2D eigenvalue weighted by atomic mass is 32.1. The molecule has 1 aromatic rings. The van der Waals surface area contributed by atoms with Crippen molar-refractivity contribution < 1.29 is 4.57 Å². The molecule has 0 aliphatic carbocycles. The van der Waals surface area contributed by atoms with Crippen molar-refractivity contribution >= 4 is 12.6 Å². The molecule has 0 atom stereocenters. The maximum Gasteiger partial charge on any atom is 0.169 e. The summed E-state index contributed by atoms with van der Waals surface area (Å²) in [6.45, 7) is 1.80. The van der Waals surface area contributed by atoms with Crippen molar-refractivity contribution in [2.45, 2.75) is 32.2 Å². The number of hydrogen-bond donors (Lipinski definition) is 2. The Bertz CT molecular complexity index is 259. The first-order valence-corrected chi connectivity index (χ1v) is 6.29. The molecule has 0 aliphatic heterocycles. The fourth-order valence-corrected chi connectivity index (χ4v) is 1.80. The van der Waals surface area contributed by atoms with E-state index in [0.717, 1.165) is 25.3 Å². The van der Waals surface area contributed by atoms with Crippen molar-refractivity contribution in [3.63, 3.8) is 0 Å². The number of pyridine rings is 1. The SMILES string of the molecule is NCCCCCc1cc[n+](CCS)cc1. The molecule has 1 aromatic heterocycles. The summed E-state index contributed by atoms with van der Waals surface area (Å²) in [5.74, 6) is 0.889. The van der Waals surface area contributed by atoms with E-state index in [1.807, 2.05) is 0 Å². The molecule has 0 unspecified atom stereocenters. The molecule has 1 rings (SSSR count). The Hall–Kier alpha value is -0.540. The van der Waals surface area contributed by atoms with E-state index >= 15 is 0 Å². The van der Waals surface area contributed by atoms with Crippen LogP contribution in [-0.2, 0) is 13.0 Å². The third-order valence-electron chi connectivity index (χ3n) is 2.49. The molecule has 15 heavy (non-hydrogen) atoms. The second kappa shape index (κ2) is 7.71. The zero-order chi connectivity index (χ0) is 10.9. The topological polar surface area (TPSA) is 29.9 Å². The van der Waals surface area contributed by atoms with Crippen LogP contribution in [0.3, 0.4) is 0 Å². The Balaban J connectivity index is 2.29. The zero-order valence-electron chi connectivity index (χ0n) is 9.23. The monoisotopic (exact) mass is 225 g/mol. The average Bonchev–Trinajstić information content (AvgIpc) is 2.27. The van der Waals surface area contributed by atoms with Crippen molar-refractivity contribution in [1.29, 1.82) is 0 Å². The maximum atomic E-state index is 5.45. The summed E-state index contributed by atoms with van der Waals surface area (Å²) in [4.78, 5) is 0. The third kappa shape index (κ3) is 5.19. The van der Waals surface area contributed by atoms with E-state index < -0.39 is 0 Å². The maximum absolute atomic E-state index is 5.45. The standard InChI is InChI=1S/C12H20N2S/c13-7-3-1-2-4-12-5-8-14(9-6-12)10-11-15/h5-6,8-9H,1-4,7,10-11,13H2/p+1. The summed E-state index contributed by atoms with van der Waals surface area (Å²) in [6.07, 6.45) is 9.06. The molecule has 84 valence electrons. The van der Waals surface area contributed by atoms with Crippen LogP contribution in [0.15, 0.2) is 24.5 Å². The molecule has 2 N–H and O–H groups in total. The van der Waals surface area contributed by atoms with E-state index in [2.05, 4.69) is 41.7 Å². The van der Waals surface area contributed by atoms with Crippen LogP contribution in [0.25, 0.3) is 0 Å². The molecule has 0 bridgehead atoms. The summed E-state index contributed by atoms with van der Waals surface area (Å²) in [5.41, 5.74) is 6.87. The van der Waals surface area contributed by atoms with Crippen molar-refractivity contribution in [2.75, 3.05) is 12.3 Å². The second-order valence-corrected chi connectivity index (χ2v) is 4.21. The van der Waals surface area contributed by atoms with Crippen LogP contribution in [0.5, 0.6) is 0 Å². The lowest BCUT2D eigenvalue weighted by molar-refractivity contribution is -0.692. The summed E-state index contributed by atoms with van der Waals surface area (Å²) in [6, 6.07) is 4.40. The Labute approximate surface area is 97.9 Å². The summed E-state index contributed by atoms with van der Waals surface area (Å²) in [5, 5.41) is 0. The number of thiol groups is 1. The highest BCUT2D eigenvalue weighted by Gasteiger charge is 1.99. The van der Waals surface area contributed by atoms with Crippen LogP contribution < -0.4 is 10.3 Å². The number of nitrogens with two attached hydrogens (primary N) is 1. The highest BCUT2D eigenvalue weighted by Crippen LogP contribution is 2.04. The normalized spacial score (nSPS) is 10.5. The lowest BCUT2D eigenvalue weighted by Gasteiger charge is -2.00. The molecule has 3 heteroatoms. The van der Waals surface area contributed by atoms with Crippen molar-refractivity contribution in [2.24, 2.45) is 5.73 Å². The van der Waals surface area contributed by atoms with Gasteiger partial charge in [0.1, 0.15) is 0 Å². The molecule has 0 spiro atoms. The summed E-state index contributed by atoms with van der Waals surface area (Å²) < 4.78 is 2.16. The number of unbranched alkanes of at least 4 members (excludes halogenated alkanes) is 2. The number of rotatable bonds is 7. The van der Waals surface area contributed by atoms with Gasteiger partial charge in [-0.05, 0) is 31.4 Å². The lowest BCUT2D eigenvalue weighted by Crippen LogP contribution is -2.33. The quantitative estimate of drug-likeness (QED) is 0.412. The fraction of sp³-hybridized carbons (Fsp3) is 0.583. The van der Waals surface area contributed by atoms with Gasteiger partial charge in [0.15, 0.2) is 18.9 Å². The molecule has 0 fully saturated rings. The highest BCUT2D eigenvalue weighted by molar-refractivity contribution is 7.80. The first-order chi connectivity index (χ1) is 7.36. The average molecular weight is 225 g/mol. The molecule has 0 saturated carbocycles. The van der Waals surface area contributed by atoms with E-state index in [4.69, 9.17) is 5.73 Å². The number of nitrogens with zero attached hydrogens (tertiary/aromatic N) is 1. The van der Waals surface area contributed by atoms with E-state index in [1.165, 1.54) is 24.8 Å². The van der Waals surface area contributed by atoms with Gasteiger partial charge in [0.2, 0.25) is 0 Å². The van der Waals surface area contributed by atoms with Crippen LogP contribution in [0.4, 0.5) is 0 Å². The number of aryl methyl sites for hydroxylation is 2. The largest absolute Gasteiger partial charge is 0.330 e. The first-order valence-electron chi connectivity index (χ1n) is 5.65. The van der Waals surface area contributed by atoms with Gasteiger partial charge in [-0.25, -0.2) is 4.57 Å². The summed E-state index contributed by atoms with van der Waals surface area (Å²) >= 11 is 4.20. The number of aromatic nitrogens is 1. The van der Waals surface area contributed by atoms with Crippen LogP contribution >= 0.6 is 12.6 Å². The molecular weight excluding hydrogens is 204 g/mol. The van der Waals surface area contributed by atoms with E-state index in [9.17, 15) is 0 Å². The smallest absolute Gasteiger partial charge is 0.169 e. The predicted octanol–water partition coefficient (Wildman–Crippen LogP) is 1.58. The molecule has 0 radical (unpaired) electrons. The molecule has 0 aromatic carbocycles. The van der Waals surface area contributed by atoms with E-state index in [-0.39, 0.29) is 0 Å². The molecular formula is C12H21N2S+. The molecule has 0 aliphatic rings. The van der Waals surface area contributed by atoms with E-state index in [0.29, 0.717) is 0 Å². The van der Waals surface area contributed by atoms with Crippen molar-refractivity contribution in [1.82, 2.24) is 0 Å². The minimum Gasteiger partial charge on any atom is -0.330 e.